The van der Waals surface area contributed by atoms with Crippen LogP contribution in [0, 0.1) is 5.92 Å². The molecule has 1 aromatic carbocycles. The number of ether oxygens (including phenoxy) is 1. The maximum atomic E-state index is 12.1. The van der Waals surface area contributed by atoms with E-state index in [1.54, 1.807) is 6.07 Å². The molecule has 23 heavy (non-hydrogen) atoms. The van der Waals surface area contributed by atoms with Gasteiger partial charge in [-0.25, -0.2) is 17.7 Å². The quantitative estimate of drug-likeness (QED) is 0.786. The molecule has 124 valence electrons. The number of hydrogen-bond donors (Lipinski definition) is 0. The lowest BCUT2D eigenvalue weighted by molar-refractivity contribution is -0.151. The highest BCUT2D eigenvalue weighted by Crippen LogP contribution is 2.21. The Balaban J connectivity index is 1.54. The molecule has 1 saturated heterocycles. The van der Waals surface area contributed by atoms with Gasteiger partial charge in [-0.1, -0.05) is 12.1 Å². The first-order valence-corrected chi connectivity index (χ1v) is 9.24. The van der Waals surface area contributed by atoms with Gasteiger partial charge in [-0.3, -0.25) is 4.79 Å². The Kier molecular flexibility index (Phi) is 4.36. The van der Waals surface area contributed by atoms with Crippen molar-refractivity contribution in [2.75, 3.05) is 19.3 Å². The van der Waals surface area contributed by atoms with Gasteiger partial charge in [0.25, 0.3) is 0 Å². The summed E-state index contributed by atoms with van der Waals surface area (Å²) < 4.78 is 35.0. The number of benzene rings is 1. The van der Waals surface area contributed by atoms with E-state index in [-0.39, 0.29) is 18.5 Å². The van der Waals surface area contributed by atoms with Crippen molar-refractivity contribution in [1.82, 2.24) is 9.29 Å². The van der Waals surface area contributed by atoms with Crippen LogP contribution >= 0.6 is 0 Å². The number of piperidine rings is 1. The number of fused-ring (bicyclic) bond motifs is 1. The largest absolute Gasteiger partial charge is 0.455 e. The Morgan fingerprint density at radius 2 is 2.04 bits per heavy atom. The third-order valence-electron chi connectivity index (χ3n) is 3.93. The van der Waals surface area contributed by atoms with Gasteiger partial charge in [0.1, 0.15) is 5.52 Å². The van der Waals surface area contributed by atoms with Crippen molar-refractivity contribution < 1.29 is 22.4 Å². The summed E-state index contributed by atoms with van der Waals surface area (Å²) in [5.74, 6) is -0.258. The Labute approximate surface area is 134 Å². The normalized spacial score (nSPS) is 17.4. The number of para-hydroxylation sites is 2. The molecule has 8 heteroatoms. The lowest BCUT2D eigenvalue weighted by Crippen LogP contribution is -2.40. The topological polar surface area (TPSA) is 89.7 Å². The highest BCUT2D eigenvalue weighted by atomic mass is 32.2. The number of carbonyl (C=O) groups is 1. The van der Waals surface area contributed by atoms with E-state index in [2.05, 4.69) is 4.98 Å². The minimum absolute atomic E-state index is 0.0141. The van der Waals surface area contributed by atoms with E-state index in [1.165, 1.54) is 10.6 Å². The summed E-state index contributed by atoms with van der Waals surface area (Å²) in [7, 11) is -3.19. The molecule has 0 aliphatic carbocycles. The summed E-state index contributed by atoms with van der Waals surface area (Å²) in [6.07, 6.45) is 2.12. The first-order valence-electron chi connectivity index (χ1n) is 7.40. The van der Waals surface area contributed by atoms with E-state index in [1.807, 2.05) is 18.2 Å². The number of hydrogen-bond acceptors (Lipinski definition) is 6. The van der Waals surface area contributed by atoms with Crippen LogP contribution in [0.25, 0.3) is 11.1 Å². The molecule has 0 saturated carbocycles. The zero-order valence-electron chi connectivity index (χ0n) is 12.8. The van der Waals surface area contributed by atoms with Gasteiger partial charge >= 0.3 is 5.97 Å². The highest BCUT2D eigenvalue weighted by molar-refractivity contribution is 7.88. The average molecular weight is 338 g/mol. The molecule has 0 atom stereocenters. The molecular formula is C15H18N2O5S. The maximum Gasteiger partial charge on any atom is 0.309 e. The molecule has 1 aromatic heterocycles. The van der Waals surface area contributed by atoms with Crippen molar-refractivity contribution in [3.05, 3.63) is 30.2 Å². The second-order valence-electron chi connectivity index (χ2n) is 5.62. The summed E-state index contributed by atoms with van der Waals surface area (Å²) in [6.45, 7) is 0.683. The summed E-state index contributed by atoms with van der Waals surface area (Å²) >= 11 is 0. The van der Waals surface area contributed by atoms with E-state index in [4.69, 9.17) is 9.15 Å². The van der Waals surface area contributed by atoms with Crippen LogP contribution in [0.3, 0.4) is 0 Å². The fourth-order valence-electron chi connectivity index (χ4n) is 2.66. The molecule has 1 aliphatic rings. The van der Waals surface area contributed by atoms with Crippen LogP contribution in [-0.2, 0) is 26.2 Å². The van der Waals surface area contributed by atoms with Crippen molar-refractivity contribution in [2.45, 2.75) is 19.4 Å². The van der Waals surface area contributed by atoms with Gasteiger partial charge in [0.2, 0.25) is 15.9 Å². The SMILES string of the molecule is CS(=O)(=O)N1CCC(C(=O)OCc2nc3ccccc3o2)CC1. The molecule has 1 aliphatic heterocycles. The number of oxazole rings is 1. The van der Waals surface area contributed by atoms with Crippen LogP contribution in [0.5, 0.6) is 0 Å². The zero-order chi connectivity index (χ0) is 16.4. The van der Waals surface area contributed by atoms with Gasteiger partial charge in [0, 0.05) is 13.1 Å². The minimum Gasteiger partial charge on any atom is -0.455 e. The fraction of sp³-hybridized carbons (Fsp3) is 0.467. The monoisotopic (exact) mass is 338 g/mol. The lowest BCUT2D eigenvalue weighted by Gasteiger charge is -2.28. The maximum absolute atomic E-state index is 12.1. The smallest absolute Gasteiger partial charge is 0.309 e. The van der Waals surface area contributed by atoms with Crippen LogP contribution in [0.1, 0.15) is 18.7 Å². The van der Waals surface area contributed by atoms with Crippen LogP contribution in [0.15, 0.2) is 28.7 Å². The van der Waals surface area contributed by atoms with Gasteiger partial charge in [-0.05, 0) is 25.0 Å². The molecule has 3 rings (SSSR count). The van der Waals surface area contributed by atoms with Crippen LogP contribution < -0.4 is 0 Å². The molecule has 0 unspecified atom stereocenters. The van der Waals surface area contributed by atoms with E-state index in [0.717, 1.165) is 5.52 Å². The molecule has 0 amide bonds. The van der Waals surface area contributed by atoms with Crippen molar-refractivity contribution >= 4 is 27.1 Å². The predicted molar refractivity (Wildman–Crippen MR) is 82.9 cm³/mol. The number of esters is 1. The average Bonchev–Trinajstić information content (AvgIpc) is 2.95. The van der Waals surface area contributed by atoms with Gasteiger partial charge in [-0.2, -0.15) is 0 Å². The van der Waals surface area contributed by atoms with Crippen LogP contribution in [0.4, 0.5) is 0 Å². The Bertz CT molecular complexity index is 773. The molecule has 0 bridgehead atoms. The van der Waals surface area contributed by atoms with Gasteiger partial charge in [-0.15, -0.1) is 0 Å². The minimum atomic E-state index is -3.19. The summed E-state index contributed by atoms with van der Waals surface area (Å²) in [5, 5.41) is 0. The molecular weight excluding hydrogens is 320 g/mol. The molecule has 1 fully saturated rings. The molecule has 2 heterocycles. The number of aromatic nitrogens is 1. The van der Waals surface area contributed by atoms with E-state index in [0.29, 0.717) is 37.4 Å². The molecule has 2 aromatic rings. The second kappa shape index (κ2) is 6.29. The van der Waals surface area contributed by atoms with E-state index < -0.39 is 10.0 Å². The van der Waals surface area contributed by atoms with Crippen molar-refractivity contribution in [3.63, 3.8) is 0 Å². The number of carbonyl (C=O) groups excluding carboxylic acids is 1. The third kappa shape index (κ3) is 3.70. The van der Waals surface area contributed by atoms with Gasteiger partial charge in [0.05, 0.1) is 12.2 Å². The van der Waals surface area contributed by atoms with Crippen molar-refractivity contribution in [2.24, 2.45) is 5.92 Å². The van der Waals surface area contributed by atoms with Crippen molar-refractivity contribution in [1.29, 1.82) is 0 Å². The number of rotatable bonds is 4. The Morgan fingerprint density at radius 3 is 2.70 bits per heavy atom. The first kappa shape index (κ1) is 15.9. The molecule has 0 radical (unpaired) electrons. The van der Waals surface area contributed by atoms with Gasteiger partial charge < -0.3 is 9.15 Å². The number of nitrogens with zero attached hydrogens (tertiary/aromatic N) is 2. The fourth-order valence-corrected chi connectivity index (χ4v) is 3.53. The van der Waals surface area contributed by atoms with E-state index >= 15 is 0 Å². The standard InChI is InChI=1S/C15H18N2O5S/c1-23(19,20)17-8-6-11(7-9-17)15(18)21-10-14-16-12-4-2-3-5-13(12)22-14/h2-5,11H,6-10H2,1H3. The van der Waals surface area contributed by atoms with Gasteiger partial charge in [0.15, 0.2) is 12.2 Å². The van der Waals surface area contributed by atoms with Crippen LogP contribution in [-0.4, -0.2) is 43.0 Å². The van der Waals surface area contributed by atoms with Crippen molar-refractivity contribution in [3.8, 4) is 0 Å². The second-order valence-corrected chi connectivity index (χ2v) is 7.60. The highest BCUT2D eigenvalue weighted by Gasteiger charge is 2.30. The number of sulfonamides is 1. The first-order chi connectivity index (χ1) is 10.9. The molecule has 7 nitrogen and oxygen atoms in total. The van der Waals surface area contributed by atoms with Crippen LogP contribution in [0.2, 0.25) is 0 Å². The molecule has 0 N–H and O–H groups in total. The summed E-state index contributed by atoms with van der Waals surface area (Å²) in [5.41, 5.74) is 1.38. The summed E-state index contributed by atoms with van der Waals surface area (Å²) in [6, 6.07) is 7.33. The predicted octanol–water partition coefficient (Wildman–Crippen LogP) is 1.54. The lowest BCUT2D eigenvalue weighted by atomic mass is 9.98. The Morgan fingerprint density at radius 1 is 1.35 bits per heavy atom. The summed E-state index contributed by atoms with van der Waals surface area (Å²) in [4.78, 5) is 16.3. The third-order valence-corrected chi connectivity index (χ3v) is 5.24. The Hall–Kier alpha value is -1.93. The van der Waals surface area contributed by atoms with E-state index in [9.17, 15) is 13.2 Å². The molecule has 0 spiro atoms. The zero-order valence-corrected chi connectivity index (χ0v) is 13.6.